The molecule has 0 bridgehead atoms. The fourth-order valence-corrected chi connectivity index (χ4v) is 7.23. The van der Waals surface area contributed by atoms with Gasteiger partial charge in [-0.05, 0) is 102 Å². The zero-order chi connectivity index (χ0) is 38.8. The minimum atomic E-state index is 0. The average Bonchev–Trinajstić information content (AvgIpc) is 3.74. The number of fused-ring (bicyclic) bond motifs is 4. The fourth-order valence-electron chi connectivity index (χ4n) is 7.23. The Hall–Kier alpha value is -5.20. The van der Waals surface area contributed by atoms with Crippen LogP contribution in [-0.2, 0) is 21.1 Å². The van der Waals surface area contributed by atoms with E-state index in [4.69, 9.17) is 4.98 Å². The van der Waals surface area contributed by atoms with Crippen molar-refractivity contribution in [3.05, 3.63) is 145 Å². The van der Waals surface area contributed by atoms with Gasteiger partial charge in [-0.25, -0.2) is 4.98 Å². The maximum absolute atomic E-state index is 4.74. The van der Waals surface area contributed by atoms with Crippen LogP contribution in [0.15, 0.2) is 104 Å². The Kier molecular flexibility index (Phi) is 12.5. The Morgan fingerprint density at radius 3 is 2.21 bits per heavy atom. The summed E-state index contributed by atoms with van der Waals surface area (Å²) in [5.41, 5.74) is 13.5. The van der Waals surface area contributed by atoms with Crippen molar-refractivity contribution in [2.24, 2.45) is 0 Å². The molecule has 1 N–H and O–H groups in total. The van der Waals surface area contributed by atoms with Crippen LogP contribution >= 0.6 is 0 Å². The molecule has 0 saturated heterocycles. The standard InChI is InChI=1S/C36H43N6.C11H7N2.Pt/c1-23(2)27-18-31(24(3)4)35(32(19-27)25(5)6)28-16-29(39-21-40(8)33-12-10-14-37-26(33)7)20-30(17-28)42-22-41(9)34-13-11-15-38-36(34)42;1-2-4-10-8(3-1)9-5-6-12-7-11(9)13-10;/h10-19,21-25,39H,1-9H3;1-7H;/q-3;-1;+4. The number of nitrogens with one attached hydrogen (secondary N) is 1. The van der Waals surface area contributed by atoms with Gasteiger partial charge in [0, 0.05) is 36.2 Å². The molecule has 56 heavy (non-hydrogen) atoms. The molecule has 0 fully saturated rings. The van der Waals surface area contributed by atoms with E-state index in [0.717, 1.165) is 45.3 Å². The second-order valence-electron chi connectivity index (χ2n) is 15.2. The summed E-state index contributed by atoms with van der Waals surface area (Å²) in [7, 11) is 4.09. The molecule has 1 aliphatic rings. The molecule has 8 rings (SSSR count). The summed E-state index contributed by atoms with van der Waals surface area (Å²) >= 11 is 0. The van der Waals surface area contributed by atoms with E-state index in [1.54, 1.807) is 12.4 Å². The Bertz CT molecular complexity index is 2350. The van der Waals surface area contributed by atoms with Crippen LogP contribution in [0.4, 0.5) is 28.6 Å². The van der Waals surface area contributed by atoms with E-state index in [2.05, 4.69) is 139 Å². The largest absolute Gasteiger partial charge is 4.00 e. The van der Waals surface area contributed by atoms with Gasteiger partial charge < -0.3 is 25.0 Å². The summed E-state index contributed by atoms with van der Waals surface area (Å²) in [6.45, 7) is 19.8. The van der Waals surface area contributed by atoms with Crippen LogP contribution in [0.3, 0.4) is 0 Å². The molecule has 0 aliphatic carbocycles. The predicted octanol–water partition coefficient (Wildman–Crippen LogP) is 11.3. The van der Waals surface area contributed by atoms with Crippen molar-refractivity contribution in [3.8, 4) is 11.1 Å². The van der Waals surface area contributed by atoms with Crippen molar-refractivity contribution >= 4 is 50.4 Å². The van der Waals surface area contributed by atoms with Crippen LogP contribution in [0.25, 0.3) is 32.9 Å². The van der Waals surface area contributed by atoms with Gasteiger partial charge in [0.2, 0.25) is 0 Å². The van der Waals surface area contributed by atoms with Gasteiger partial charge >= 0.3 is 21.1 Å². The first-order valence-corrected chi connectivity index (χ1v) is 19.1. The zero-order valence-electron chi connectivity index (χ0n) is 33.6. The van der Waals surface area contributed by atoms with E-state index in [-0.39, 0.29) is 21.1 Å². The van der Waals surface area contributed by atoms with Gasteiger partial charge in [-0.15, -0.1) is 46.2 Å². The number of aromatic nitrogens is 4. The van der Waals surface area contributed by atoms with Crippen LogP contribution in [0, 0.1) is 26.3 Å². The molecular weight excluding hydrogens is 872 g/mol. The summed E-state index contributed by atoms with van der Waals surface area (Å²) in [4.78, 5) is 24.0. The SMILES string of the molecule is Cc1ncccc1N(C)[CH-]Nc1[c-]c(N2[CH-]N(C)c3cccnc32)cc(-c2c(C(C)C)cc(C(C)C)cc2C(C)C)c1.[Pt+4].c1ccc2c(c1)[n-]c1cnccc12. The van der Waals surface area contributed by atoms with Crippen molar-refractivity contribution in [1.29, 1.82) is 0 Å². The Labute approximate surface area is 346 Å². The number of hydrogen-bond acceptors (Lipinski definition) is 7. The van der Waals surface area contributed by atoms with Crippen molar-refractivity contribution in [2.45, 2.75) is 66.2 Å². The van der Waals surface area contributed by atoms with Crippen LogP contribution < -0.4 is 25.0 Å². The number of nitrogens with zero attached hydrogens (tertiary/aromatic N) is 7. The molecule has 4 aromatic heterocycles. The molecule has 3 aromatic carbocycles. The molecule has 1 aliphatic heterocycles. The van der Waals surface area contributed by atoms with Gasteiger partial charge in [-0.2, -0.15) is 13.3 Å². The summed E-state index contributed by atoms with van der Waals surface area (Å²) in [6.07, 6.45) is 7.27. The van der Waals surface area contributed by atoms with Gasteiger partial charge in [-0.1, -0.05) is 77.9 Å². The number of anilines is 5. The fraction of sp³-hybridized carbons (Fsp3) is 0.255. The van der Waals surface area contributed by atoms with E-state index >= 15 is 0 Å². The van der Waals surface area contributed by atoms with Crippen LogP contribution in [0.5, 0.6) is 0 Å². The summed E-state index contributed by atoms with van der Waals surface area (Å²) < 4.78 is 0. The Morgan fingerprint density at radius 1 is 0.804 bits per heavy atom. The van der Waals surface area contributed by atoms with Gasteiger partial charge in [0.25, 0.3) is 0 Å². The molecular formula is C47H50N8Pt. The summed E-state index contributed by atoms with van der Waals surface area (Å²) in [5.74, 6) is 2.11. The molecule has 0 atom stereocenters. The Morgan fingerprint density at radius 2 is 1.50 bits per heavy atom. The predicted molar refractivity (Wildman–Crippen MR) is 230 cm³/mol. The number of benzene rings is 3. The van der Waals surface area contributed by atoms with E-state index in [0.29, 0.717) is 17.8 Å². The van der Waals surface area contributed by atoms with Crippen LogP contribution in [0.1, 0.15) is 81.7 Å². The summed E-state index contributed by atoms with van der Waals surface area (Å²) in [6, 6.07) is 31.2. The van der Waals surface area contributed by atoms with E-state index in [9.17, 15) is 0 Å². The smallest absolute Gasteiger partial charge is 0.656 e. The summed E-state index contributed by atoms with van der Waals surface area (Å²) in [5, 5.41) is 5.94. The van der Waals surface area contributed by atoms with Crippen molar-refractivity contribution in [1.82, 2.24) is 19.9 Å². The second-order valence-corrected chi connectivity index (χ2v) is 15.2. The molecule has 0 spiro atoms. The minimum absolute atomic E-state index is 0. The van der Waals surface area contributed by atoms with Gasteiger partial charge in [0.15, 0.2) is 0 Å². The number of rotatable bonds is 9. The number of para-hydroxylation sites is 1. The third kappa shape index (κ3) is 8.31. The normalized spacial score (nSPS) is 12.3. The van der Waals surface area contributed by atoms with E-state index < -0.39 is 0 Å². The maximum Gasteiger partial charge on any atom is 4.00 e. The zero-order valence-corrected chi connectivity index (χ0v) is 35.9. The second kappa shape index (κ2) is 17.3. The Balaban J connectivity index is 0.000000317. The third-order valence-corrected chi connectivity index (χ3v) is 10.2. The van der Waals surface area contributed by atoms with Crippen LogP contribution in [0.2, 0.25) is 0 Å². The molecule has 5 heterocycles. The van der Waals surface area contributed by atoms with E-state index in [1.807, 2.05) is 69.4 Å². The maximum atomic E-state index is 4.74. The molecule has 0 amide bonds. The molecule has 7 aromatic rings. The number of pyridine rings is 3. The molecule has 0 radical (unpaired) electrons. The molecule has 288 valence electrons. The number of aryl methyl sites for hydroxylation is 1. The molecule has 0 unspecified atom stereocenters. The average molecular weight is 922 g/mol. The van der Waals surface area contributed by atoms with Gasteiger partial charge in [0.05, 0.1) is 5.69 Å². The van der Waals surface area contributed by atoms with Crippen molar-refractivity contribution in [2.75, 3.05) is 34.1 Å². The quantitative estimate of drug-likeness (QED) is 0.144. The first kappa shape index (κ1) is 40.5. The minimum Gasteiger partial charge on any atom is -0.656 e. The van der Waals surface area contributed by atoms with E-state index in [1.165, 1.54) is 38.6 Å². The molecule has 9 heteroatoms. The first-order valence-electron chi connectivity index (χ1n) is 19.1. The molecule has 8 nitrogen and oxygen atoms in total. The van der Waals surface area contributed by atoms with Gasteiger partial charge in [-0.3, -0.25) is 9.97 Å². The molecule has 0 saturated carbocycles. The van der Waals surface area contributed by atoms with Crippen molar-refractivity contribution in [3.63, 3.8) is 0 Å². The monoisotopic (exact) mass is 921 g/mol. The topological polar surface area (TPSA) is 74.5 Å². The number of hydrogen-bond donors (Lipinski definition) is 1. The van der Waals surface area contributed by atoms with Gasteiger partial charge in [0.1, 0.15) is 5.82 Å². The first-order chi connectivity index (χ1) is 26.5. The van der Waals surface area contributed by atoms with Crippen molar-refractivity contribution < 1.29 is 21.1 Å². The third-order valence-electron chi connectivity index (χ3n) is 10.2. The van der Waals surface area contributed by atoms with Crippen LogP contribution in [-0.4, -0.2) is 29.0 Å².